The Bertz CT molecular complexity index is 950. The fourth-order valence-electron chi connectivity index (χ4n) is 3.37. The van der Waals surface area contributed by atoms with E-state index in [2.05, 4.69) is 20.0 Å². The van der Waals surface area contributed by atoms with Gasteiger partial charge in [-0.1, -0.05) is 0 Å². The topological polar surface area (TPSA) is 63.9 Å². The van der Waals surface area contributed by atoms with E-state index in [0.29, 0.717) is 18.2 Å². The lowest BCUT2D eigenvalue weighted by Crippen LogP contribution is -2.37. The van der Waals surface area contributed by atoms with E-state index in [1.807, 2.05) is 6.07 Å². The molecule has 1 saturated heterocycles. The highest BCUT2D eigenvalue weighted by atomic mass is 19.1. The molecule has 138 valence electrons. The molecule has 4 rings (SSSR count). The molecule has 1 fully saturated rings. The molecule has 1 aliphatic rings. The second-order valence-electron chi connectivity index (χ2n) is 6.73. The van der Waals surface area contributed by atoms with Crippen molar-refractivity contribution in [2.24, 2.45) is 5.92 Å². The molecule has 0 spiro atoms. The lowest BCUT2D eigenvalue weighted by atomic mass is 9.97. The zero-order chi connectivity index (χ0) is 18.6. The second-order valence-corrected chi connectivity index (χ2v) is 6.73. The highest BCUT2D eigenvalue weighted by Crippen LogP contribution is 2.22. The summed E-state index contributed by atoms with van der Waals surface area (Å²) in [4.78, 5) is 23.0. The van der Waals surface area contributed by atoms with Crippen LogP contribution < -0.4 is 10.5 Å². The molecule has 7 heteroatoms. The fraction of sp³-hybridized carbons (Fsp3) is 0.300. The molecule has 0 aliphatic carbocycles. The maximum absolute atomic E-state index is 13.1. The third-order valence-corrected chi connectivity index (χ3v) is 4.89. The third kappa shape index (κ3) is 4.02. The van der Waals surface area contributed by atoms with Gasteiger partial charge in [0.1, 0.15) is 5.82 Å². The summed E-state index contributed by atoms with van der Waals surface area (Å²) < 4.78 is 14.6. The van der Waals surface area contributed by atoms with Crippen molar-refractivity contribution in [1.29, 1.82) is 0 Å². The van der Waals surface area contributed by atoms with Crippen molar-refractivity contribution in [2.75, 3.05) is 18.0 Å². The van der Waals surface area contributed by atoms with Crippen LogP contribution in [0.4, 0.5) is 10.3 Å². The van der Waals surface area contributed by atoms with Gasteiger partial charge >= 0.3 is 0 Å². The highest BCUT2D eigenvalue weighted by molar-refractivity contribution is 5.57. The third-order valence-electron chi connectivity index (χ3n) is 4.89. The Kier molecular flexibility index (Phi) is 4.91. The normalized spacial score (nSPS) is 15.1. The van der Waals surface area contributed by atoms with Gasteiger partial charge in [0.25, 0.3) is 5.56 Å². The van der Waals surface area contributed by atoms with Crippen LogP contribution in [0.5, 0.6) is 0 Å². The van der Waals surface area contributed by atoms with E-state index in [0.717, 1.165) is 37.4 Å². The minimum atomic E-state index is -0.291. The zero-order valence-electron chi connectivity index (χ0n) is 14.8. The van der Waals surface area contributed by atoms with E-state index >= 15 is 0 Å². The average Bonchev–Trinajstić information content (AvgIpc) is 2.71. The number of benzene rings is 1. The second kappa shape index (κ2) is 7.65. The largest absolute Gasteiger partial charge is 0.341 e. The average molecular weight is 365 g/mol. The van der Waals surface area contributed by atoms with Crippen LogP contribution in [0.15, 0.2) is 59.7 Å². The van der Waals surface area contributed by atoms with Gasteiger partial charge in [-0.05, 0) is 55.2 Å². The number of halogens is 1. The number of piperidine rings is 1. The van der Waals surface area contributed by atoms with E-state index in [4.69, 9.17) is 0 Å². The van der Waals surface area contributed by atoms with Crippen LogP contribution in [-0.2, 0) is 6.54 Å². The molecule has 2 aromatic heterocycles. The van der Waals surface area contributed by atoms with Crippen LogP contribution in [0.3, 0.4) is 0 Å². The van der Waals surface area contributed by atoms with Gasteiger partial charge in [-0.3, -0.25) is 4.79 Å². The van der Waals surface area contributed by atoms with Crippen molar-refractivity contribution in [3.63, 3.8) is 0 Å². The molecule has 0 amide bonds. The van der Waals surface area contributed by atoms with Gasteiger partial charge in [-0.25, -0.2) is 19.0 Å². The van der Waals surface area contributed by atoms with Crippen molar-refractivity contribution in [2.45, 2.75) is 19.4 Å². The van der Waals surface area contributed by atoms with Gasteiger partial charge in [0, 0.05) is 43.7 Å². The maximum Gasteiger partial charge on any atom is 0.266 e. The van der Waals surface area contributed by atoms with Crippen LogP contribution >= 0.6 is 0 Å². The van der Waals surface area contributed by atoms with Gasteiger partial charge in [0.05, 0.1) is 5.69 Å². The van der Waals surface area contributed by atoms with Crippen LogP contribution in [-0.4, -0.2) is 32.8 Å². The summed E-state index contributed by atoms with van der Waals surface area (Å²) in [6.07, 6.45) is 5.40. The van der Waals surface area contributed by atoms with Crippen LogP contribution in [0.1, 0.15) is 12.8 Å². The molecular formula is C20H20FN5O. The van der Waals surface area contributed by atoms with Gasteiger partial charge in [0.2, 0.25) is 5.95 Å². The summed E-state index contributed by atoms with van der Waals surface area (Å²) in [6.45, 7) is 2.31. The Morgan fingerprint density at radius 2 is 1.70 bits per heavy atom. The number of hydrogen-bond donors (Lipinski definition) is 0. The van der Waals surface area contributed by atoms with E-state index in [9.17, 15) is 9.18 Å². The molecule has 0 unspecified atom stereocenters. The Morgan fingerprint density at radius 1 is 1.00 bits per heavy atom. The molecule has 0 atom stereocenters. The number of anilines is 1. The van der Waals surface area contributed by atoms with Crippen molar-refractivity contribution in [1.82, 2.24) is 19.7 Å². The van der Waals surface area contributed by atoms with Gasteiger partial charge in [-0.15, -0.1) is 0 Å². The summed E-state index contributed by atoms with van der Waals surface area (Å²) in [5, 5.41) is 4.49. The van der Waals surface area contributed by atoms with Gasteiger partial charge in [0.15, 0.2) is 0 Å². The van der Waals surface area contributed by atoms with Crippen LogP contribution in [0.2, 0.25) is 0 Å². The molecule has 3 aromatic rings. The Labute approximate surface area is 156 Å². The lowest BCUT2D eigenvalue weighted by molar-refractivity contribution is 0.334. The molecule has 1 aromatic carbocycles. The van der Waals surface area contributed by atoms with Gasteiger partial charge in [-0.2, -0.15) is 5.10 Å². The Balaban J connectivity index is 1.45. The number of rotatable bonds is 4. The molecule has 0 saturated carbocycles. The first-order valence-electron chi connectivity index (χ1n) is 9.05. The number of hydrogen-bond acceptors (Lipinski definition) is 5. The smallest absolute Gasteiger partial charge is 0.266 e. The lowest BCUT2D eigenvalue weighted by Gasteiger charge is -2.31. The number of aromatic nitrogens is 4. The first kappa shape index (κ1) is 17.3. The molecule has 27 heavy (non-hydrogen) atoms. The standard InChI is InChI=1S/C20H20FN5O/c21-17-4-2-16(3-5-17)18-6-7-19(27)26(24-18)14-15-8-12-25(13-9-15)20-22-10-1-11-23-20/h1-7,10-11,15H,8-9,12-14H2. The van der Waals surface area contributed by atoms with Crippen molar-refractivity contribution in [3.8, 4) is 11.3 Å². The predicted molar refractivity (Wildman–Crippen MR) is 101 cm³/mol. The molecular weight excluding hydrogens is 345 g/mol. The van der Waals surface area contributed by atoms with Crippen molar-refractivity contribution < 1.29 is 4.39 Å². The minimum absolute atomic E-state index is 0.116. The monoisotopic (exact) mass is 365 g/mol. The number of nitrogens with zero attached hydrogens (tertiary/aromatic N) is 5. The maximum atomic E-state index is 13.1. The summed E-state index contributed by atoms with van der Waals surface area (Å²) in [6, 6.07) is 11.2. The summed E-state index contributed by atoms with van der Waals surface area (Å²) >= 11 is 0. The van der Waals surface area contributed by atoms with Crippen LogP contribution in [0, 0.1) is 11.7 Å². The molecule has 3 heterocycles. The summed E-state index contributed by atoms with van der Waals surface area (Å²) in [5.41, 5.74) is 1.35. The van der Waals surface area contributed by atoms with E-state index in [-0.39, 0.29) is 11.4 Å². The molecule has 1 aliphatic heterocycles. The van der Waals surface area contributed by atoms with Crippen molar-refractivity contribution >= 4 is 5.95 Å². The predicted octanol–water partition coefficient (Wildman–Crippen LogP) is 2.76. The minimum Gasteiger partial charge on any atom is -0.341 e. The summed E-state index contributed by atoms with van der Waals surface area (Å²) in [7, 11) is 0. The Morgan fingerprint density at radius 3 is 2.41 bits per heavy atom. The molecule has 0 radical (unpaired) electrons. The highest BCUT2D eigenvalue weighted by Gasteiger charge is 2.21. The first-order valence-corrected chi connectivity index (χ1v) is 9.05. The fourth-order valence-corrected chi connectivity index (χ4v) is 3.37. The van der Waals surface area contributed by atoms with E-state index in [1.165, 1.54) is 22.9 Å². The quantitative estimate of drug-likeness (QED) is 0.711. The molecule has 6 nitrogen and oxygen atoms in total. The molecule has 0 bridgehead atoms. The van der Waals surface area contributed by atoms with Gasteiger partial charge < -0.3 is 4.90 Å². The van der Waals surface area contributed by atoms with Crippen LogP contribution in [0.25, 0.3) is 11.3 Å². The first-order chi connectivity index (χ1) is 13.2. The van der Waals surface area contributed by atoms with Crippen molar-refractivity contribution in [3.05, 3.63) is 71.0 Å². The van der Waals surface area contributed by atoms with E-state index < -0.39 is 0 Å². The molecule has 0 N–H and O–H groups in total. The SMILES string of the molecule is O=c1ccc(-c2ccc(F)cc2)nn1CC1CCN(c2ncccn2)CC1. The summed E-state index contributed by atoms with van der Waals surface area (Å²) in [5.74, 6) is 0.837. The Hall–Kier alpha value is -3.09. The van der Waals surface area contributed by atoms with E-state index in [1.54, 1.807) is 30.6 Å². The zero-order valence-corrected chi connectivity index (χ0v) is 14.8.